The molecule has 110 valence electrons. The lowest BCUT2D eigenvalue weighted by Gasteiger charge is -2.07. The van der Waals surface area contributed by atoms with Gasteiger partial charge < -0.3 is 9.72 Å². The highest BCUT2D eigenvalue weighted by molar-refractivity contribution is 5.95. The summed E-state index contributed by atoms with van der Waals surface area (Å²) in [5.41, 5.74) is 2.75. The second-order valence-corrected chi connectivity index (χ2v) is 5.10. The molecule has 0 saturated heterocycles. The van der Waals surface area contributed by atoms with E-state index in [-0.39, 0.29) is 5.78 Å². The van der Waals surface area contributed by atoms with Gasteiger partial charge in [0, 0.05) is 12.6 Å². The molecule has 0 aliphatic heterocycles. The average Bonchev–Trinajstić information content (AvgIpc) is 3.10. The van der Waals surface area contributed by atoms with E-state index in [2.05, 4.69) is 4.98 Å². The molecule has 0 bridgehead atoms. The van der Waals surface area contributed by atoms with E-state index in [4.69, 9.17) is 4.74 Å². The molecule has 0 unspecified atom stereocenters. The topological polar surface area (TPSA) is 42.1 Å². The number of hydrogen-bond donors (Lipinski definition) is 1. The van der Waals surface area contributed by atoms with Crippen LogP contribution in [0.4, 0.5) is 0 Å². The Morgan fingerprint density at radius 3 is 2.32 bits per heavy atom. The number of ketones is 1. The fourth-order valence-corrected chi connectivity index (χ4v) is 2.23. The van der Waals surface area contributed by atoms with Crippen molar-refractivity contribution in [1.82, 2.24) is 4.98 Å². The molecule has 0 fully saturated rings. The Bertz CT molecular complexity index is 716. The van der Waals surface area contributed by atoms with Crippen molar-refractivity contribution in [3.63, 3.8) is 0 Å². The Hall–Kier alpha value is -2.81. The van der Waals surface area contributed by atoms with Gasteiger partial charge in [-0.15, -0.1) is 0 Å². The highest BCUT2D eigenvalue weighted by Gasteiger charge is 2.07. The van der Waals surface area contributed by atoms with Crippen LogP contribution in [0.15, 0.2) is 72.9 Å². The molecule has 0 spiro atoms. The molecule has 0 aliphatic carbocycles. The van der Waals surface area contributed by atoms with Crippen molar-refractivity contribution in [3.8, 4) is 5.75 Å². The number of hydrogen-bond acceptors (Lipinski definition) is 2. The molecule has 3 heteroatoms. The second kappa shape index (κ2) is 6.76. The third-order valence-electron chi connectivity index (χ3n) is 3.43. The zero-order chi connectivity index (χ0) is 15.2. The number of ether oxygens (including phenoxy) is 1. The lowest BCUT2D eigenvalue weighted by Crippen LogP contribution is -2.03. The van der Waals surface area contributed by atoms with Crippen LogP contribution >= 0.6 is 0 Å². The number of aromatic amines is 1. The van der Waals surface area contributed by atoms with Gasteiger partial charge in [-0.05, 0) is 35.4 Å². The van der Waals surface area contributed by atoms with Crippen LogP contribution in [0.3, 0.4) is 0 Å². The first-order chi connectivity index (χ1) is 10.8. The van der Waals surface area contributed by atoms with E-state index in [1.54, 1.807) is 12.3 Å². The summed E-state index contributed by atoms with van der Waals surface area (Å²) < 4.78 is 5.73. The minimum Gasteiger partial charge on any atom is -0.489 e. The number of benzene rings is 2. The lowest BCUT2D eigenvalue weighted by atomic mass is 10.1. The number of aromatic nitrogens is 1. The van der Waals surface area contributed by atoms with Crippen LogP contribution in [-0.4, -0.2) is 10.8 Å². The maximum Gasteiger partial charge on any atom is 0.183 e. The number of rotatable bonds is 6. The molecule has 3 aromatic rings. The summed E-state index contributed by atoms with van der Waals surface area (Å²) in [6.07, 6.45) is 2.15. The van der Waals surface area contributed by atoms with Crippen LogP contribution in [0.25, 0.3) is 0 Å². The molecule has 0 radical (unpaired) electrons. The third-order valence-corrected chi connectivity index (χ3v) is 3.43. The normalized spacial score (nSPS) is 10.4. The molecule has 0 atom stereocenters. The Kier molecular flexibility index (Phi) is 4.35. The number of nitrogens with one attached hydrogen (secondary N) is 1. The molecule has 1 heterocycles. The van der Waals surface area contributed by atoms with Crippen LogP contribution in [0.5, 0.6) is 5.75 Å². The summed E-state index contributed by atoms with van der Waals surface area (Å²) in [6.45, 7) is 0.543. The maximum atomic E-state index is 12.0. The number of carbonyl (C=O) groups excluding carboxylic acids is 1. The fraction of sp³-hybridized carbons (Fsp3) is 0.105. The summed E-state index contributed by atoms with van der Waals surface area (Å²) in [7, 11) is 0. The van der Waals surface area contributed by atoms with Gasteiger partial charge in [-0.3, -0.25) is 4.79 Å². The molecule has 0 amide bonds. The minimum atomic E-state index is 0.0861. The van der Waals surface area contributed by atoms with Crippen LogP contribution < -0.4 is 4.74 Å². The van der Waals surface area contributed by atoms with Crippen molar-refractivity contribution >= 4 is 5.78 Å². The van der Waals surface area contributed by atoms with Gasteiger partial charge in [0.15, 0.2) is 5.78 Å². The van der Waals surface area contributed by atoms with E-state index in [1.807, 2.05) is 60.7 Å². The zero-order valence-corrected chi connectivity index (χ0v) is 12.2. The van der Waals surface area contributed by atoms with E-state index in [0.717, 1.165) is 16.9 Å². The van der Waals surface area contributed by atoms with Gasteiger partial charge in [-0.2, -0.15) is 0 Å². The van der Waals surface area contributed by atoms with Crippen molar-refractivity contribution < 1.29 is 9.53 Å². The van der Waals surface area contributed by atoms with Gasteiger partial charge >= 0.3 is 0 Å². The van der Waals surface area contributed by atoms with Crippen LogP contribution in [0, 0.1) is 0 Å². The predicted molar refractivity (Wildman–Crippen MR) is 86.0 cm³/mol. The standard InChI is InChI=1S/C19H17NO2/c21-19(18-7-4-12-20-18)13-15-8-10-17(11-9-15)22-14-16-5-2-1-3-6-16/h1-12,20H,13-14H2. The van der Waals surface area contributed by atoms with E-state index in [1.165, 1.54) is 0 Å². The first kappa shape index (κ1) is 14.1. The van der Waals surface area contributed by atoms with E-state index < -0.39 is 0 Å². The summed E-state index contributed by atoms with van der Waals surface area (Å²) >= 11 is 0. The molecular formula is C19H17NO2. The monoisotopic (exact) mass is 291 g/mol. The fourth-order valence-electron chi connectivity index (χ4n) is 2.23. The second-order valence-electron chi connectivity index (χ2n) is 5.10. The van der Waals surface area contributed by atoms with Gasteiger partial charge in [0.2, 0.25) is 0 Å². The van der Waals surface area contributed by atoms with Crippen molar-refractivity contribution in [2.24, 2.45) is 0 Å². The van der Waals surface area contributed by atoms with Crippen molar-refractivity contribution in [1.29, 1.82) is 0 Å². The highest BCUT2D eigenvalue weighted by atomic mass is 16.5. The molecule has 0 saturated carbocycles. The number of carbonyl (C=O) groups is 1. The van der Waals surface area contributed by atoms with E-state index >= 15 is 0 Å². The average molecular weight is 291 g/mol. The Labute approximate surface area is 129 Å². The van der Waals surface area contributed by atoms with Crippen LogP contribution in [0.1, 0.15) is 21.6 Å². The zero-order valence-electron chi connectivity index (χ0n) is 12.2. The highest BCUT2D eigenvalue weighted by Crippen LogP contribution is 2.15. The SMILES string of the molecule is O=C(Cc1ccc(OCc2ccccc2)cc1)c1ccc[nH]1. The predicted octanol–water partition coefficient (Wildman–Crippen LogP) is 4.02. The smallest absolute Gasteiger partial charge is 0.183 e. The molecule has 2 aromatic carbocycles. The molecule has 3 rings (SSSR count). The van der Waals surface area contributed by atoms with Crippen LogP contribution in [0.2, 0.25) is 0 Å². The van der Waals surface area contributed by atoms with Gasteiger partial charge in [0.1, 0.15) is 12.4 Å². The van der Waals surface area contributed by atoms with Crippen molar-refractivity contribution in [2.75, 3.05) is 0 Å². The molecule has 3 nitrogen and oxygen atoms in total. The summed E-state index contributed by atoms with van der Waals surface area (Å²) in [5.74, 6) is 0.892. The van der Waals surface area contributed by atoms with Crippen molar-refractivity contribution in [3.05, 3.63) is 89.7 Å². The van der Waals surface area contributed by atoms with E-state index in [9.17, 15) is 4.79 Å². The van der Waals surface area contributed by atoms with Crippen LogP contribution in [-0.2, 0) is 13.0 Å². The Balaban J connectivity index is 1.57. The molecule has 0 aliphatic rings. The third kappa shape index (κ3) is 3.64. The largest absolute Gasteiger partial charge is 0.489 e. The molecular weight excluding hydrogens is 274 g/mol. The van der Waals surface area contributed by atoms with Gasteiger partial charge in [-0.25, -0.2) is 0 Å². The molecule has 1 N–H and O–H groups in total. The van der Waals surface area contributed by atoms with Gasteiger partial charge in [0.05, 0.1) is 5.69 Å². The van der Waals surface area contributed by atoms with Gasteiger partial charge in [0.25, 0.3) is 0 Å². The summed E-state index contributed by atoms with van der Waals surface area (Å²) in [4.78, 5) is 14.9. The summed E-state index contributed by atoms with van der Waals surface area (Å²) in [5, 5.41) is 0. The minimum absolute atomic E-state index is 0.0861. The van der Waals surface area contributed by atoms with Crippen molar-refractivity contribution in [2.45, 2.75) is 13.0 Å². The first-order valence-corrected chi connectivity index (χ1v) is 7.23. The molecule has 1 aromatic heterocycles. The number of H-pyrrole nitrogens is 1. The molecule has 22 heavy (non-hydrogen) atoms. The number of Topliss-reactive ketones (excluding diaryl/α,β-unsaturated/α-hetero) is 1. The quantitative estimate of drug-likeness (QED) is 0.697. The van der Waals surface area contributed by atoms with E-state index in [0.29, 0.717) is 18.7 Å². The van der Waals surface area contributed by atoms with Gasteiger partial charge in [-0.1, -0.05) is 42.5 Å². The first-order valence-electron chi connectivity index (χ1n) is 7.23. The summed E-state index contributed by atoms with van der Waals surface area (Å²) in [6, 6.07) is 21.3. The lowest BCUT2D eigenvalue weighted by molar-refractivity contribution is 0.0989. The Morgan fingerprint density at radius 2 is 1.64 bits per heavy atom. The Morgan fingerprint density at radius 1 is 0.864 bits per heavy atom. The maximum absolute atomic E-state index is 12.0.